The highest BCUT2D eigenvalue weighted by atomic mass is 16.4. The minimum Gasteiger partial charge on any atom is -0.481 e. The third-order valence-corrected chi connectivity index (χ3v) is 2.70. The quantitative estimate of drug-likeness (QED) is 0.626. The van der Waals surface area contributed by atoms with Gasteiger partial charge in [0.05, 0.1) is 6.42 Å². The number of nitrogens with one attached hydrogen (secondary N) is 1. The van der Waals surface area contributed by atoms with E-state index < -0.39 is 30.4 Å². The van der Waals surface area contributed by atoms with Gasteiger partial charge in [0.15, 0.2) is 0 Å². The van der Waals surface area contributed by atoms with Crippen molar-refractivity contribution in [1.29, 1.82) is 0 Å². The van der Waals surface area contributed by atoms with Crippen LogP contribution in [-0.2, 0) is 9.59 Å². The highest BCUT2D eigenvalue weighted by Crippen LogP contribution is 2.04. The molecule has 0 aliphatic carbocycles. The third kappa shape index (κ3) is 5.03. The molecule has 3 N–H and O–H groups in total. The maximum absolute atomic E-state index is 11.8. The van der Waals surface area contributed by atoms with Gasteiger partial charge >= 0.3 is 18.0 Å². The molecule has 0 spiro atoms. The fourth-order valence-corrected chi connectivity index (χ4v) is 1.48. The summed E-state index contributed by atoms with van der Waals surface area (Å²) >= 11 is 0. The van der Waals surface area contributed by atoms with E-state index in [9.17, 15) is 14.4 Å². The van der Waals surface area contributed by atoms with Crippen LogP contribution in [0.2, 0.25) is 0 Å². The topological polar surface area (TPSA) is 107 Å². The van der Waals surface area contributed by atoms with Crippen LogP contribution in [0, 0.1) is 0 Å². The number of carbonyl (C=O) groups is 3. The summed E-state index contributed by atoms with van der Waals surface area (Å²) in [7, 11) is 0. The van der Waals surface area contributed by atoms with Gasteiger partial charge in [-0.15, -0.1) is 0 Å². The third-order valence-electron chi connectivity index (χ3n) is 2.70. The number of carboxylic acids is 2. The SMILES string of the molecule is CCC(C)N(CC)C(=O)N[C@@H](CC(=O)O)C(=O)O. The number of hydrogen-bond acceptors (Lipinski definition) is 3. The van der Waals surface area contributed by atoms with Crippen molar-refractivity contribution in [2.75, 3.05) is 6.54 Å². The van der Waals surface area contributed by atoms with Gasteiger partial charge < -0.3 is 20.4 Å². The fourth-order valence-electron chi connectivity index (χ4n) is 1.48. The van der Waals surface area contributed by atoms with Crippen LogP contribution in [0.5, 0.6) is 0 Å². The molecule has 18 heavy (non-hydrogen) atoms. The molecule has 0 aromatic heterocycles. The number of carboxylic acid groups (broad SMARTS) is 2. The van der Waals surface area contributed by atoms with Crippen molar-refractivity contribution in [1.82, 2.24) is 10.2 Å². The summed E-state index contributed by atoms with van der Waals surface area (Å²) in [5.74, 6) is -2.62. The average Bonchev–Trinajstić information content (AvgIpc) is 2.27. The van der Waals surface area contributed by atoms with E-state index in [0.717, 1.165) is 6.42 Å². The van der Waals surface area contributed by atoms with Crippen molar-refractivity contribution in [2.45, 2.75) is 45.7 Å². The molecular formula is C11H20N2O5. The molecule has 7 heteroatoms. The van der Waals surface area contributed by atoms with E-state index in [-0.39, 0.29) is 6.04 Å². The predicted octanol–water partition coefficient (Wildman–Crippen LogP) is 0.744. The van der Waals surface area contributed by atoms with E-state index in [4.69, 9.17) is 10.2 Å². The van der Waals surface area contributed by atoms with E-state index in [0.29, 0.717) is 6.54 Å². The van der Waals surface area contributed by atoms with Crippen LogP contribution < -0.4 is 5.32 Å². The van der Waals surface area contributed by atoms with Crippen LogP contribution in [-0.4, -0.2) is 51.7 Å². The second kappa shape index (κ2) is 7.52. The van der Waals surface area contributed by atoms with Gasteiger partial charge in [0.2, 0.25) is 0 Å². The Bertz CT molecular complexity index is 319. The molecule has 0 saturated carbocycles. The Kier molecular flexibility index (Phi) is 6.77. The molecule has 0 aliphatic rings. The maximum Gasteiger partial charge on any atom is 0.326 e. The highest BCUT2D eigenvalue weighted by Gasteiger charge is 2.26. The molecule has 104 valence electrons. The van der Waals surface area contributed by atoms with Crippen LogP contribution in [0.3, 0.4) is 0 Å². The van der Waals surface area contributed by atoms with E-state index in [1.54, 1.807) is 6.92 Å². The van der Waals surface area contributed by atoms with Gasteiger partial charge in [0.25, 0.3) is 0 Å². The van der Waals surface area contributed by atoms with Gasteiger partial charge in [-0.2, -0.15) is 0 Å². The number of amides is 2. The van der Waals surface area contributed by atoms with Gasteiger partial charge in [-0.1, -0.05) is 6.92 Å². The zero-order chi connectivity index (χ0) is 14.3. The molecule has 7 nitrogen and oxygen atoms in total. The molecule has 0 saturated heterocycles. The minimum absolute atomic E-state index is 0.0331. The van der Waals surface area contributed by atoms with Crippen LogP contribution >= 0.6 is 0 Å². The summed E-state index contributed by atoms with van der Waals surface area (Å²) < 4.78 is 0. The van der Waals surface area contributed by atoms with Crippen LogP contribution in [0.1, 0.15) is 33.6 Å². The predicted molar refractivity (Wildman–Crippen MR) is 64.3 cm³/mol. The molecule has 2 atom stereocenters. The van der Waals surface area contributed by atoms with Crippen molar-refractivity contribution in [3.05, 3.63) is 0 Å². The molecule has 0 bridgehead atoms. The smallest absolute Gasteiger partial charge is 0.326 e. The van der Waals surface area contributed by atoms with Crippen molar-refractivity contribution >= 4 is 18.0 Å². The van der Waals surface area contributed by atoms with Crippen LogP contribution in [0.4, 0.5) is 4.79 Å². The second-order valence-corrected chi connectivity index (χ2v) is 3.98. The van der Waals surface area contributed by atoms with Gasteiger partial charge in [0, 0.05) is 12.6 Å². The molecule has 0 fully saturated rings. The number of hydrogen-bond donors (Lipinski definition) is 3. The standard InChI is InChI=1S/C11H20N2O5/c1-4-7(3)13(5-2)11(18)12-8(10(16)17)6-9(14)15/h7-8H,4-6H2,1-3H3,(H,12,18)(H,14,15)(H,16,17)/t7?,8-/m0/s1. The zero-order valence-corrected chi connectivity index (χ0v) is 10.8. The van der Waals surface area contributed by atoms with Gasteiger partial charge in [0.1, 0.15) is 6.04 Å². The fraction of sp³-hybridized carbons (Fsp3) is 0.727. The molecule has 1 unspecified atom stereocenters. The van der Waals surface area contributed by atoms with Gasteiger partial charge in [-0.3, -0.25) is 4.79 Å². The van der Waals surface area contributed by atoms with Crippen LogP contribution in [0.25, 0.3) is 0 Å². The monoisotopic (exact) mass is 260 g/mol. The molecule has 0 aromatic carbocycles. The molecule has 0 aliphatic heterocycles. The number of urea groups is 1. The lowest BCUT2D eigenvalue weighted by Crippen LogP contribution is -2.51. The normalized spacial score (nSPS) is 13.5. The first-order valence-electron chi connectivity index (χ1n) is 5.85. The first kappa shape index (κ1) is 16.2. The Balaban J connectivity index is 4.66. The van der Waals surface area contributed by atoms with E-state index in [2.05, 4.69) is 5.32 Å². The second-order valence-electron chi connectivity index (χ2n) is 3.98. The lowest BCUT2D eigenvalue weighted by Gasteiger charge is -2.28. The summed E-state index contributed by atoms with van der Waals surface area (Å²) in [5, 5.41) is 19.6. The first-order valence-corrected chi connectivity index (χ1v) is 5.85. The summed E-state index contributed by atoms with van der Waals surface area (Å²) in [6.45, 7) is 5.96. The van der Waals surface area contributed by atoms with Gasteiger partial charge in [-0.05, 0) is 20.3 Å². The first-order chi connectivity index (χ1) is 8.33. The molecule has 2 amide bonds. The largest absolute Gasteiger partial charge is 0.481 e. The summed E-state index contributed by atoms with van der Waals surface area (Å²) in [6.07, 6.45) is 0.0943. The van der Waals surface area contributed by atoms with Crippen LogP contribution in [0.15, 0.2) is 0 Å². The number of nitrogens with zero attached hydrogens (tertiary/aromatic N) is 1. The molecule has 0 aromatic rings. The lowest BCUT2D eigenvalue weighted by atomic mass is 10.2. The summed E-state index contributed by atoms with van der Waals surface area (Å²) in [4.78, 5) is 34.6. The Morgan fingerprint density at radius 2 is 1.78 bits per heavy atom. The Morgan fingerprint density at radius 3 is 2.11 bits per heavy atom. The van der Waals surface area contributed by atoms with E-state index >= 15 is 0 Å². The summed E-state index contributed by atoms with van der Waals surface area (Å²) in [5.41, 5.74) is 0. The van der Waals surface area contributed by atoms with E-state index in [1.807, 2.05) is 13.8 Å². The van der Waals surface area contributed by atoms with Gasteiger partial charge in [-0.25, -0.2) is 9.59 Å². The number of aliphatic carboxylic acids is 2. The molecule has 0 rings (SSSR count). The van der Waals surface area contributed by atoms with Crippen molar-refractivity contribution in [3.8, 4) is 0 Å². The Labute approximate surface area is 106 Å². The van der Waals surface area contributed by atoms with Crippen molar-refractivity contribution < 1.29 is 24.6 Å². The van der Waals surface area contributed by atoms with E-state index in [1.165, 1.54) is 4.90 Å². The average molecular weight is 260 g/mol. The van der Waals surface area contributed by atoms with Crippen molar-refractivity contribution in [2.24, 2.45) is 0 Å². The molecular weight excluding hydrogens is 240 g/mol. The molecule has 0 radical (unpaired) electrons. The number of carbonyl (C=O) groups excluding carboxylic acids is 1. The zero-order valence-electron chi connectivity index (χ0n) is 10.8. The Morgan fingerprint density at radius 1 is 1.22 bits per heavy atom. The summed E-state index contributed by atoms with van der Waals surface area (Å²) in [6, 6.07) is -2.00. The number of rotatable bonds is 7. The minimum atomic E-state index is -1.41. The molecule has 0 heterocycles. The highest BCUT2D eigenvalue weighted by molar-refractivity contribution is 5.86. The lowest BCUT2D eigenvalue weighted by molar-refractivity contribution is -0.145. The van der Waals surface area contributed by atoms with Crippen molar-refractivity contribution in [3.63, 3.8) is 0 Å². The Hall–Kier alpha value is -1.79. The maximum atomic E-state index is 11.8.